The summed E-state index contributed by atoms with van der Waals surface area (Å²) < 4.78 is 10.9. The molecule has 0 spiro atoms. The van der Waals surface area contributed by atoms with E-state index in [-0.39, 0.29) is 30.3 Å². The molecule has 9 heteroatoms. The zero-order valence-electron chi connectivity index (χ0n) is 12.3. The van der Waals surface area contributed by atoms with Crippen molar-refractivity contribution in [3.63, 3.8) is 0 Å². The molecule has 0 aliphatic rings. The van der Waals surface area contributed by atoms with E-state index in [9.17, 15) is 14.9 Å². The third-order valence-electron chi connectivity index (χ3n) is 2.77. The standard InChI is InChI=1S/C15H13ClN2O6/c16-10-1-3-12(4-2-10)24-14-8-11(18(21)22)7-13(9-14)23-6-5-17-15(19)20/h1-4,7-9,17H,5-6H2,(H,19,20). The molecule has 0 aliphatic heterocycles. The van der Waals surface area contributed by atoms with Gasteiger partial charge in [-0.2, -0.15) is 0 Å². The normalized spacial score (nSPS) is 10.0. The van der Waals surface area contributed by atoms with Crippen LogP contribution in [0.5, 0.6) is 17.2 Å². The van der Waals surface area contributed by atoms with Crippen LogP contribution in [-0.4, -0.2) is 29.3 Å². The lowest BCUT2D eigenvalue weighted by atomic mass is 10.2. The summed E-state index contributed by atoms with van der Waals surface area (Å²) in [6.07, 6.45) is -1.18. The highest BCUT2D eigenvalue weighted by molar-refractivity contribution is 6.30. The fraction of sp³-hybridized carbons (Fsp3) is 0.133. The van der Waals surface area contributed by atoms with Crippen LogP contribution in [0.2, 0.25) is 5.02 Å². The quantitative estimate of drug-likeness (QED) is 0.446. The first kappa shape index (κ1) is 17.4. The van der Waals surface area contributed by atoms with Crippen molar-refractivity contribution in [3.8, 4) is 17.2 Å². The van der Waals surface area contributed by atoms with Gasteiger partial charge in [0.15, 0.2) is 0 Å². The summed E-state index contributed by atoms with van der Waals surface area (Å²) in [4.78, 5) is 20.8. The molecule has 0 aromatic heterocycles. The number of nitrogens with zero attached hydrogens (tertiary/aromatic N) is 1. The Hall–Kier alpha value is -3.00. The van der Waals surface area contributed by atoms with Gasteiger partial charge in [0.1, 0.15) is 23.9 Å². The molecule has 1 amide bonds. The van der Waals surface area contributed by atoms with Crippen LogP contribution < -0.4 is 14.8 Å². The average Bonchev–Trinajstić information content (AvgIpc) is 2.53. The largest absolute Gasteiger partial charge is 0.491 e. The molecule has 0 saturated heterocycles. The van der Waals surface area contributed by atoms with E-state index in [0.29, 0.717) is 10.8 Å². The molecule has 0 bridgehead atoms. The second kappa shape index (κ2) is 8.02. The average molecular weight is 353 g/mol. The van der Waals surface area contributed by atoms with Crippen molar-refractivity contribution in [2.24, 2.45) is 0 Å². The molecule has 0 saturated carbocycles. The molecule has 0 aliphatic carbocycles. The van der Waals surface area contributed by atoms with Gasteiger partial charge in [0.05, 0.1) is 23.6 Å². The molecular formula is C15H13ClN2O6. The smallest absolute Gasteiger partial charge is 0.404 e. The van der Waals surface area contributed by atoms with Crippen LogP contribution in [0, 0.1) is 10.1 Å². The number of nitrogens with one attached hydrogen (secondary N) is 1. The summed E-state index contributed by atoms with van der Waals surface area (Å²) in [6.45, 7) is 0.0687. The summed E-state index contributed by atoms with van der Waals surface area (Å²) in [6, 6.07) is 10.5. The topological polar surface area (TPSA) is 111 Å². The van der Waals surface area contributed by atoms with E-state index in [4.69, 9.17) is 26.2 Å². The Labute approximate surface area is 141 Å². The number of benzene rings is 2. The summed E-state index contributed by atoms with van der Waals surface area (Å²) in [7, 11) is 0. The van der Waals surface area contributed by atoms with E-state index in [2.05, 4.69) is 5.32 Å². The zero-order chi connectivity index (χ0) is 17.5. The van der Waals surface area contributed by atoms with Crippen molar-refractivity contribution in [2.45, 2.75) is 0 Å². The maximum absolute atomic E-state index is 11.0. The lowest BCUT2D eigenvalue weighted by Gasteiger charge is -2.10. The highest BCUT2D eigenvalue weighted by atomic mass is 35.5. The highest BCUT2D eigenvalue weighted by Gasteiger charge is 2.12. The maximum atomic E-state index is 11.0. The molecule has 0 heterocycles. The van der Waals surface area contributed by atoms with E-state index >= 15 is 0 Å². The van der Waals surface area contributed by atoms with E-state index < -0.39 is 11.0 Å². The molecular weight excluding hydrogens is 340 g/mol. The fourth-order valence-electron chi connectivity index (χ4n) is 1.77. The van der Waals surface area contributed by atoms with Crippen LogP contribution in [0.15, 0.2) is 42.5 Å². The number of carboxylic acid groups (broad SMARTS) is 1. The molecule has 0 atom stereocenters. The minimum atomic E-state index is -1.18. The van der Waals surface area contributed by atoms with Crippen LogP contribution in [0.4, 0.5) is 10.5 Å². The predicted octanol–water partition coefficient (Wildman–Crippen LogP) is 3.69. The Morgan fingerprint density at radius 2 is 1.83 bits per heavy atom. The molecule has 2 aromatic rings. The first-order valence-electron chi connectivity index (χ1n) is 6.76. The van der Waals surface area contributed by atoms with Gasteiger partial charge < -0.3 is 19.9 Å². The predicted molar refractivity (Wildman–Crippen MR) is 86.1 cm³/mol. The van der Waals surface area contributed by atoms with Gasteiger partial charge in [0.25, 0.3) is 5.69 Å². The first-order chi connectivity index (χ1) is 11.4. The number of hydrogen-bond acceptors (Lipinski definition) is 5. The van der Waals surface area contributed by atoms with Crippen LogP contribution in [0.25, 0.3) is 0 Å². The van der Waals surface area contributed by atoms with Gasteiger partial charge in [-0.1, -0.05) is 11.6 Å². The van der Waals surface area contributed by atoms with E-state index in [1.54, 1.807) is 24.3 Å². The van der Waals surface area contributed by atoms with Crippen molar-refractivity contribution < 1.29 is 24.3 Å². The molecule has 126 valence electrons. The number of carbonyl (C=O) groups is 1. The highest BCUT2D eigenvalue weighted by Crippen LogP contribution is 2.31. The molecule has 2 aromatic carbocycles. The number of nitro benzene ring substituents is 1. The van der Waals surface area contributed by atoms with Gasteiger partial charge in [-0.25, -0.2) is 4.79 Å². The van der Waals surface area contributed by atoms with Crippen LogP contribution >= 0.6 is 11.6 Å². The molecule has 0 fully saturated rings. The van der Waals surface area contributed by atoms with Gasteiger partial charge in [0.2, 0.25) is 0 Å². The van der Waals surface area contributed by atoms with E-state index in [0.717, 1.165) is 0 Å². The molecule has 8 nitrogen and oxygen atoms in total. The summed E-state index contributed by atoms with van der Waals surface area (Å²) in [5.41, 5.74) is -0.206. The van der Waals surface area contributed by atoms with Crippen LogP contribution in [0.3, 0.4) is 0 Å². The Morgan fingerprint density at radius 1 is 1.17 bits per heavy atom. The number of hydrogen-bond donors (Lipinski definition) is 2. The third-order valence-corrected chi connectivity index (χ3v) is 3.02. The van der Waals surface area contributed by atoms with Gasteiger partial charge >= 0.3 is 6.09 Å². The molecule has 24 heavy (non-hydrogen) atoms. The van der Waals surface area contributed by atoms with Crippen molar-refractivity contribution in [1.29, 1.82) is 0 Å². The molecule has 0 unspecified atom stereocenters. The fourth-order valence-corrected chi connectivity index (χ4v) is 1.90. The maximum Gasteiger partial charge on any atom is 0.404 e. The molecule has 2 N–H and O–H groups in total. The van der Waals surface area contributed by atoms with Gasteiger partial charge in [0, 0.05) is 11.1 Å². The van der Waals surface area contributed by atoms with E-state index in [1.807, 2.05) is 0 Å². The Bertz CT molecular complexity index is 735. The lowest BCUT2D eigenvalue weighted by molar-refractivity contribution is -0.385. The number of nitro groups is 1. The van der Waals surface area contributed by atoms with Crippen LogP contribution in [-0.2, 0) is 0 Å². The summed E-state index contributed by atoms with van der Waals surface area (Å²) in [5, 5.41) is 22.1. The number of amides is 1. The first-order valence-corrected chi connectivity index (χ1v) is 7.14. The van der Waals surface area contributed by atoms with Crippen molar-refractivity contribution in [3.05, 3.63) is 57.6 Å². The van der Waals surface area contributed by atoms with E-state index in [1.165, 1.54) is 18.2 Å². The lowest BCUT2D eigenvalue weighted by Crippen LogP contribution is -2.26. The Morgan fingerprint density at radius 3 is 2.46 bits per heavy atom. The van der Waals surface area contributed by atoms with Crippen molar-refractivity contribution >= 4 is 23.4 Å². The minimum Gasteiger partial charge on any atom is -0.491 e. The van der Waals surface area contributed by atoms with Crippen molar-refractivity contribution in [1.82, 2.24) is 5.32 Å². The minimum absolute atomic E-state index is 0.0217. The Balaban J connectivity index is 2.13. The second-order valence-electron chi connectivity index (χ2n) is 4.56. The van der Waals surface area contributed by atoms with Gasteiger partial charge in [-0.15, -0.1) is 0 Å². The summed E-state index contributed by atoms with van der Waals surface area (Å²) in [5.74, 6) is 0.867. The Kier molecular flexibility index (Phi) is 5.80. The van der Waals surface area contributed by atoms with Gasteiger partial charge in [-0.3, -0.25) is 10.1 Å². The SMILES string of the molecule is O=C(O)NCCOc1cc(Oc2ccc(Cl)cc2)cc([N+](=O)[O-])c1. The number of ether oxygens (including phenoxy) is 2. The zero-order valence-corrected chi connectivity index (χ0v) is 13.0. The summed E-state index contributed by atoms with van der Waals surface area (Å²) >= 11 is 5.79. The van der Waals surface area contributed by atoms with Crippen LogP contribution in [0.1, 0.15) is 0 Å². The van der Waals surface area contributed by atoms with Crippen molar-refractivity contribution in [2.75, 3.05) is 13.2 Å². The molecule has 2 rings (SSSR count). The van der Waals surface area contributed by atoms with Gasteiger partial charge in [-0.05, 0) is 24.3 Å². The number of halogens is 1. The third kappa shape index (κ3) is 5.33. The molecule has 0 radical (unpaired) electrons. The number of rotatable bonds is 7. The second-order valence-corrected chi connectivity index (χ2v) is 4.99. The monoisotopic (exact) mass is 352 g/mol. The number of non-ortho nitro benzene ring substituents is 1.